The van der Waals surface area contributed by atoms with Gasteiger partial charge in [0.1, 0.15) is 18.2 Å². The molecule has 1 aromatic carbocycles. The largest absolute Gasteiger partial charge is 0.433 e. The van der Waals surface area contributed by atoms with Gasteiger partial charge in [-0.2, -0.15) is 35.2 Å². The lowest BCUT2D eigenvalue weighted by atomic mass is 10.1. The zero-order chi connectivity index (χ0) is 27.7. The van der Waals surface area contributed by atoms with Gasteiger partial charge < -0.3 is 10.2 Å². The highest BCUT2D eigenvalue weighted by atomic mass is 35.5. The SMILES string of the molecule is CN(C)S(=O)(=O)N1CCN(c2cc(C(F)(F)F)nc(-n3ccnc3)n2)C(C(=O)NCc2ccc(Cl)cc2)C1. The van der Waals surface area contributed by atoms with E-state index in [9.17, 15) is 26.4 Å². The number of aromatic nitrogens is 4. The van der Waals surface area contributed by atoms with Gasteiger partial charge in [-0.25, -0.2) is 9.97 Å². The van der Waals surface area contributed by atoms with Gasteiger partial charge in [0.05, 0.1) is 0 Å². The Morgan fingerprint density at radius 3 is 2.50 bits per heavy atom. The molecule has 2 aromatic heterocycles. The van der Waals surface area contributed by atoms with Crippen molar-refractivity contribution in [2.45, 2.75) is 18.8 Å². The number of nitrogens with zero attached hydrogens (tertiary/aromatic N) is 7. The van der Waals surface area contributed by atoms with Crippen molar-refractivity contribution in [2.75, 3.05) is 38.6 Å². The van der Waals surface area contributed by atoms with Crippen molar-refractivity contribution in [3.8, 4) is 5.95 Å². The number of carbonyl (C=O) groups excluding carboxylic acids is 1. The van der Waals surface area contributed by atoms with Crippen molar-refractivity contribution in [3.05, 3.63) is 65.3 Å². The van der Waals surface area contributed by atoms with E-state index < -0.39 is 34.0 Å². The number of benzene rings is 1. The Morgan fingerprint density at radius 2 is 1.89 bits per heavy atom. The Kier molecular flexibility index (Phi) is 7.92. The molecule has 1 N–H and O–H groups in total. The molecule has 1 saturated heterocycles. The molecule has 1 aliphatic rings. The fourth-order valence-corrected chi connectivity index (χ4v) is 5.04. The monoisotopic (exact) mass is 572 g/mol. The number of piperazine rings is 1. The smallest absolute Gasteiger partial charge is 0.350 e. The van der Waals surface area contributed by atoms with Crippen molar-refractivity contribution < 1.29 is 26.4 Å². The van der Waals surface area contributed by atoms with Gasteiger partial charge in [0, 0.05) is 63.8 Å². The number of hydrogen-bond acceptors (Lipinski definition) is 7. The van der Waals surface area contributed by atoms with Crippen LogP contribution in [0.15, 0.2) is 49.1 Å². The molecule has 3 heterocycles. The quantitative estimate of drug-likeness (QED) is 0.460. The number of anilines is 1. The number of rotatable bonds is 7. The van der Waals surface area contributed by atoms with Gasteiger partial charge in [0.2, 0.25) is 11.9 Å². The fourth-order valence-electron chi connectivity index (χ4n) is 3.81. The molecular formula is C22H24ClF3N8O3S. The Morgan fingerprint density at radius 1 is 1.18 bits per heavy atom. The minimum atomic E-state index is -4.80. The number of halogens is 4. The van der Waals surface area contributed by atoms with Crippen LogP contribution in [0.5, 0.6) is 0 Å². The third-order valence-corrected chi connectivity index (χ3v) is 7.99. The van der Waals surface area contributed by atoms with Gasteiger partial charge in [0.15, 0.2) is 5.69 Å². The molecule has 1 aliphatic heterocycles. The number of imidazole rings is 1. The molecule has 16 heteroatoms. The Labute approximate surface area is 222 Å². The van der Waals surface area contributed by atoms with Crippen molar-refractivity contribution >= 4 is 33.5 Å². The van der Waals surface area contributed by atoms with Gasteiger partial charge in [-0.15, -0.1) is 0 Å². The van der Waals surface area contributed by atoms with Gasteiger partial charge in [-0.05, 0) is 17.7 Å². The molecule has 204 valence electrons. The van der Waals surface area contributed by atoms with Crippen LogP contribution in [0, 0.1) is 0 Å². The number of alkyl halides is 3. The molecule has 1 fully saturated rings. The number of hydrogen-bond donors (Lipinski definition) is 1. The van der Waals surface area contributed by atoms with Crippen LogP contribution in [0.2, 0.25) is 5.02 Å². The zero-order valence-electron chi connectivity index (χ0n) is 20.3. The summed E-state index contributed by atoms with van der Waals surface area (Å²) in [7, 11) is -1.19. The normalized spacial score (nSPS) is 17.1. The first-order chi connectivity index (χ1) is 17.9. The van der Waals surface area contributed by atoms with E-state index in [1.807, 2.05) is 0 Å². The highest BCUT2D eigenvalue weighted by Gasteiger charge is 2.40. The summed E-state index contributed by atoms with van der Waals surface area (Å²) < 4.78 is 70.2. The molecule has 4 rings (SSSR count). The van der Waals surface area contributed by atoms with Crippen LogP contribution in [0.4, 0.5) is 19.0 Å². The average molecular weight is 573 g/mol. The summed E-state index contributed by atoms with van der Waals surface area (Å²) in [5, 5.41) is 3.25. The summed E-state index contributed by atoms with van der Waals surface area (Å²) in [6.07, 6.45) is -0.801. The van der Waals surface area contributed by atoms with Gasteiger partial charge in [-0.1, -0.05) is 23.7 Å². The molecule has 0 spiro atoms. The van der Waals surface area contributed by atoms with E-state index in [0.29, 0.717) is 5.02 Å². The highest BCUT2D eigenvalue weighted by Crippen LogP contribution is 2.31. The van der Waals surface area contributed by atoms with Crippen LogP contribution in [-0.2, 0) is 27.7 Å². The van der Waals surface area contributed by atoms with Crippen LogP contribution in [-0.4, -0.2) is 82.2 Å². The maximum absolute atomic E-state index is 13.7. The maximum Gasteiger partial charge on any atom is 0.433 e. The summed E-state index contributed by atoms with van der Waals surface area (Å²) in [5.74, 6) is -1.06. The fraction of sp³-hybridized carbons (Fsp3) is 0.364. The maximum atomic E-state index is 13.7. The predicted molar refractivity (Wildman–Crippen MR) is 133 cm³/mol. The first-order valence-corrected chi connectivity index (χ1v) is 13.0. The minimum Gasteiger partial charge on any atom is -0.350 e. The standard InChI is InChI=1S/C22H24ClF3N8O3S/c1-31(2)38(36,37)33-9-10-34(17(13-33)20(35)28-12-15-3-5-16(23)6-4-15)19-11-18(22(24,25)26)29-21(30-19)32-8-7-27-14-32/h3-8,11,14,17H,9-10,12-13H2,1-2H3,(H,28,35). The Bertz CT molecular complexity index is 1390. The van der Waals surface area contributed by atoms with Gasteiger partial charge in [-0.3, -0.25) is 9.36 Å². The third-order valence-electron chi connectivity index (χ3n) is 5.83. The second kappa shape index (κ2) is 10.8. The topological polar surface area (TPSA) is 117 Å². The van der Waals surface area contributed by atoms with Crippen molar-refractivity contribution in [2.24, 2.45) is 0 Å². The molecule has 1 unspecified atom stereocenters. The van der Waals surface area contributed by atoms with Crippen LogP contribution in [0.3, 0.4) is 0 Å². The minimum absolute atomic E-state index is 0.0762. The first kappa shape index (κ1) is 27.8. The highest BCUT2D eigenvalue weighted by molar-refractivity contribution is 7.86. The molecule has 11 nitrogen and oxygen atoms in total. The molecule has 0 bridgehead atoms. The van der Waals surface area contributed by atoms with Crippen molar-refractivity contribution in [1.29, 1.82) is 0 Å². The summed E-state index contributed by atoms with van der Waals surface area (Å²) in [5.41, 5.74) is -0.485. The lowest BCUT2D eigenvalue weighted by Gasteiger charge is -2.41. The molecule has 38 heavy (non-hydrogen) atoms. The van der Waals surface area contributed by atoms with E-state index in [4.69, 9.17) is 11.6 Å². The zero-order valence-corrected chi connectivity index (χ0v) is 21.9. The van der Waals surface area contributed by atoms with Crippen LogP contribution in [0.25, 0.3) is 5.95 Å². The second-order valence-corrected chi connectivity index (χ2v) is 11.2. The van der Waals surface area contributed by atoms with Crippen molar-refractivity contribution in [1.82, 2.24) is 33.4 Å². The van der Waals surface area contributed by atoms with Crippen LogP contribution >= 0.6 is 11.6 Å². The van der Waals surface area contributed by atoms with Gasteiger partial charge in [0.25, 0.3) is 10.2 Å². The summed E-state index contributed by atoms with van der Waals surface area (Å²) in [6, 6.07) is 6.29. The first-order valence-electron chi connectivity index (χ1n) is 11.3. The molecular weight excluding hydrogens is 549 g/mol. The lowest BCUT2D eigenvalue weighted by molar-refractivity contribution is -0.141. The van der Waals surface area contributed by atoms with E-state index in [-0.39, 0.29) is 37.9 Å². The van der Waals surface area contributed by atoms with E-state index in [2.05, 4.69) is 20.3 Å². The van der Waals surface area contributed by atoms with Crippen LogP contribution < -0.4 is 10.2 Å². The summed E-state index contributed by atoms with van der Waals surface area (Å²) in [6.45, 7) is -0.381. The average Bonchev–Trinajstić information content (AvgIpc) is 3.42. The van der Waals surface area contributed by atoms with Crippen LogP contribution in [0.1, 0.15) is 11.3 Å². The van der Waals surface area contributed by atoms with Crippen molar-refractivity contribution in [3.63, 3.8) is 0 Å². The van der Waals surface area contributed by atoms with E-state index in [1.165, 1.54) is 42.3 Å². The van der Waals surface area contributed by atoms with E-state index >= 15 is 0 Å². The summed E-state index contributed by atoms with van der Waals surface area (Å²) in [4.78, 5) is 26.4. The predicted octanol–water partition coefficient (Wildman–Crippen LogP) is 1.95. The molecule has 0 saturated carbocycles. The number of nitrogens with one attached hydrogen (secondary N) is 1. The lowest BCUT2D eigenvalue weighted by Crippen LogP contribution is -2.61. The molecule has 1 atom stereocenters. The molecule has 3 aromatic rings. The third kappa shape index (κ3) is 6.06. The number of carbonyl (C=O) groups is 1. The molecule has 1 amide bonds. The van der Waals surface area contributed by atoms with E-state index in [1.54, 1.807) is 24.3 Å². The molecule has 0 aliphatic carbocycles. The second-order valence-electron chi connectivity index (χ2n) is 8.58. The molecule has 0 radical (unpaired) electrons. The Balaban J connectivity index is 1.70. The summed E-state index contributed by atoms with van der Waals surface area (Å²) >= 11 is 5.90. The van der Waals surface area contributed by atoms with Gasteiger partial charge >= 0.3 is 6.18 Å². The number of amides is 1. The van der Waals surface area contributed by atoms with E-state index in [0.717, 1.165) is 20.2 Å². The Hall–Kier alpha value is -3.27.